The standard InChI is InChI=1S/C16H9BrF2O/c17-13-4-2-1-3-9(13)5-11-6-10-7-14(18)15(19)8-12(10)16(11)20/h1-5,7-8H,6H2/b11-5+. The lowest BCUT2D eigenvalue weighted by Gasteiger charge is -1.99. The Bertz CT molecular complexity index is 750. The Hall–Kier alpha value is -1.81. The Morgan fingerprint density at radius 1 is 1.10 bits per heavy atom. The summed E-state index contributed by atoms with van der Waals surface area (Å²) in [6.07, 6.45) is 2.08. The van der Waals surface area contributed by atoms with Gasteiger partial charge in [0.15, 0.2) is 17.4 Å². The van der Waals surface area contributed by atoms with Gasteiger partial charge in [0, 0.05) is 22.0 Å². The van der Waals surface area contributed by atoms with E-state index in [4.69, 9.17) is 0 Å². The van der Waals surface area contributed by atoms with E-state index < -0.39 is 11.6 Å². The van der Waals surface area contributed by atoms with Gasteiger partial charge in [0.05, 0.1) is 0 Å². The average molecular weight is 335 g/mol. The maximum absolute atomic E-state index is 13.2. The lowest BCUT2D eigenvalue weighted by molar-refractivity contribution is 0.104. The summed E-state index contributed by atoms with van der Waals surface area (Å²) in [6.45, 7) is 0. The van der Waals surface area contributed by atoms with Crippen molar-refractivity contribution in [1.82, 2.24) is 0 Å². The molecule has 0 bridgehead atoms. The predicted octanol–water partition coefficient (Wildman–Crippen LogP) is 4.55. The monoisotopic (exact) mass is 334 g/mol. The van der Waals surface area contributed by atoms with Crippen LogP contribution in [-0.2, 0) is 6.42 Å². The van der Waals surface area contributed by atoms with Gasteiger partial charge in [-0.2, -0.15) is 0 Å². The molecule has 2 aromatic rings. The second-order valence-corrected chi connectivity index (χ2v) is 5.47. The van der Waals surface area contributed by atoms with E-state index in [2.05, 4.69) is 15.9 Å². The number of Topliss-reactive ketones (excluding diaryl/α,β-unsaturated/α-hetero) is 1. The predicted molar refractivity (Wildman–Crippen MR) is 76.5 cm³/mol. The number of ketones is 1. The minimum Gasteiger partial charge on any atom is -0.289 e. The summed E-state index contributed by atoms with van der Waals surface area (Å²) in [5, 5.41) is 0. The van der Waals surface area contributed by atoms with Crippen LogP contribution >= 0.6 is 15.9 Å². The SMILES string of the molecule is O=C1/C(=C/c2ccccc2Br)Cc2cc(F)c(F)cc21. The van der Waals surface area contributed by atoms with Crippen molar-refractivity contribution in [1.29, 1.82) is 0 Å². The Kier molecular flexibility index (Phi) is 3.26. The lowest BCUT2D eigenvalue weighted by Crippen LogP contribution is -1.97. The number of halogens is 3. The highest BCUT2D eigenvalue weighted by atomic mass is 79.9. The van der Waals surface area contributed by atoms with Gasteiger partial charge >= 0.3 is 0 Å². The number of hydrogen-bond acceptors (Lipinski definition) is 1. The van der Waals surface area contributed by atoms with Gasteiger partial charge in [0.1, 0.15) is 0 Å². The fourth-order valence-corrected chi connectivity index (χ4v) is 2.70. The highest BCUT2D eigenvalue weighted by molar-refractivity contribution is 9.10. The Morgan fingerprint density at radius 2 is 1.80 bits per heavy atom. The highest BCUT2D eigenvalue weighted by Gasteiger charge is 2.26. The first-order valence-corrected chi connectivity index (χ1v) is 6.83. The number of allylic oxidation sites excluding steroid dienone is 1. The molecule has 4 heteroatoms. The molecule has 0 unspecified atom stereocenters. The molecule has 1 nitrogen and oxygen atoms in total. The Morgan fingerprint density at radius 3 is 2.55 bits per heavy atom. The molecule has 0 saturated carbocycles. The van der Waals surface area contributed by atoms with E-state index in [-0.39, 0.29) is 11.3 Å². The second-order valence-electron chi connectivity index (χ2n) is 4.62. The van der Waals surface area contributed by atoms with Crippen molar-refractivity contribution in [3.05, 3.63) is 74.8 Å². The fourth-order valence-electron chi connectivity index (χ4n) is 2.30. The first kappa shape index (κ1) is 13.2. The van der Waals surface area contributed by atoms with Gasteiger partial charge in [0.2, 0.25) is 0 Å². The number of benzene rings is 2. The average Bonchev–Trinajstić information content (AvgIpc) is 2.70. The summed E-state index contributed by atoms with van der Waals surface area (Å²) in [5.41, 5.74) is 2.19. The van der Waals surface area contributed by atoms with Crippen LogP contribution in [0, 0.1) is 11.6 Å². The van der Waals surface area contributed by atoms with Gasteiger partial charge in [-0.15, -0.1) is 0 Å². The zero-order chi connectivity index (χ0) is 14.3. The van der Waals surface area contributed by atoms with E-state index in [0.29, 0.717) is 17.6 Å². The molecule has 0 spiro atoms. The molecular weight excluding hydrogens is 326 g/mol. The summed E-state index contributed by atoms with van der Waals surface area (Å²) in [5.74, 6) is -2.15. The van der Waals surface area contributed by atoms with Crippen LogP contribution < -0.4 is 0 Å². The number of rotatable bonds is 1. The minimum absolute atomic E-state index is 0.241. The van der Waals surface area contributed by atoms with Crippen molar-refractivity contribution in [2.75, 3.05) is 0 Å². The molecule has 0 fully saturated rings. The van der Waals surface area contributed by atoms with Crippen LogP contribution in [0.15, 0.2) is 46.4 Å². The molecule has 0 N–H and O–H groups in total. The van der Waals surface area contributed by atoms with Gasteiger partial charge in [-0.1, -0.05) is 34.1 Å². The van der Waals surface area contributed by atoms with Crippen molar-refractivity contribution in [2.24, 2.45) is 0 Å². The highest BCUT2D eigenvalue weighted by Crippen LogP contribution is 2.30. The second kappa shape index (κ2) is 4.94. The molecule has 0 saturated heterocycles. The van der Waals surface area contributed by atoms with E-state index in [1.807, 2.05) is 24.3 Å². The van der Waals surface area contributed by atoms with Gasteiger partial charge in [-0.3, -0.25) is 4.79 Å². The molecule has 0 amide bonds. The number of carbonyl (C=O) groups is 1. The van der Waals surface area contributed by atoms with Crippen molar-refractivity contribution < 1.29 is 13.6 Å². The first-order chi connectivity index (χ1) is 9.56. The Labute approximate surface area is 123 Å². The van der Waals surface area contributed by atoms with E-state index in [0.717, 1.165) is 22.2 Å². The number of fused-ring (bicyclic) bond motifs is 1. The normalized spacial score (nSPS) is 15.8. The van der Waals surface area contributed by atoms with Crippen LogP contribution in [0.5, 0.6) is 0 Å². The molecule has 20 heavy (non-hydrogen) atoms. The fraction of sp³-hybridized carbons (Fsp3) is 0.0625. The minimum atomic E-state index is -0.987. The molecular formula is C16H9BrF2O. The molecule has 0 heterocycles. The third-order valence-corrected chi connectivity index (χ3v) is 4.02. The van der Waals surface area contributed by atoms with E-state index in [1.54, 1.807) is 6.08 Å². The van der Waals surface area contributed by atoms with Gasteiger partial charge in [-0.05, 0) is 35.4 Å². The first-order valence-electron chi connectivity index (χ1n) is 6.04. The van der Waals surface area contributed by atoms with Crippen molar-refractivity contribution in [3.63, 3.8) is 0 Å². The van der Waals surface area contributed by atoms with Crippen molar-refractivity contribution in [2.45, 2.75) is 6.42 Å². The molecule has 0 aliphatic heterocycles. The topological polar surface area (TPSA) is 17.1 Å². The van der Waals surface area contributed by atoms with Gasteiger partial charge in [-0.25, -0.2) is 8.78 Å². The zero-order valence-corrected chi connectivity index (χ0v) is 11.9. The molecule has 0 radical (unpaired) electrons. The summed E-state index contributed by atoms with van der Waals surface area (Å²) >= 11 is 3.41. The molecule has 1 aliphatic rings. The lowest BCUT2D eigenvalue weighted by atomic mass is 10.1. The third-order valence-electron chi connectivity index (χ3n) is 3.30. The maximum Gasteiger partial charge on any atom is 0.189 e. The number of carbonyl (C=O) groups excluding carboxylic acids is 1. The van der Waals surface area contributed by atoms with E-state index in [1.165, 1.54) is 0 Å². The van der Waals surface area contributed by atoms with Crippen LogP contribution in [-0.4, -0.2) is 5.78 Å². The van der Waals surface area contributed by atoms with Gasteiger partial charge < -0.3 is 0 Å². The summed E-state index contributed by atoms with van der Waals surface area (Å²) in [4.78, 5) is 12.2. The van der Waals surface area contributed by atoms with Crippen LogP contribution in [0.3, 0.4) is 0 Å². The molecule has 1 aliphatic carbocycles. The zero-order valence-electron chi connectivity index (χ0n) is 10.3. The van der Waals surface area contributed by atoms with E-state index >= 15 is 0 Å². The van der Waals surface area contributed by atoms with Crippen molar-refractivity contribution >= 4 is 27.8 Å². The van der Waals surface area contributed by atoms with Crippen LogP contribution in [0.25, 0.3) is 6.08 Å². The maximum atomic E-state index is 13.2. The third kappa shape index (κ3) is 2.20. The van der Waals surface area contributed by atoms with Gasteiger partial charge in [0.25, 0.3) is 0 Å². The molecule has 0 atom stereocenters. The van der Waals surface area contributed by atoms with Crippen LogP contribution in [0.1, 0.15) is 21.5 Å². The van der Waals surface area contributed by atoms with Crippen LogP contribution in [0.2, 0.25) is 0 Å². The summed E-state index contributed by atoms with van der Waals surface area (Å²) < 4.78 is 27.3. The molecule has 0 aromatic heterocycles. The Balaban J connectivity index is 2.04. The quantitative estimate of drug-likeness (QED) is 0.699. The molecule has 2 aromatic carbocycles. The summed E-state index contributed by atoms with van der Waals surface area (Å²) in [7, 11) is 0. The van der Waals surface area contributed by atoms with E-state index in [9.17, 15) is 13.6 Å². The molecule has 100 valence electrons. The number of hydrogen-bond donors (Lipinski definition) is 0. The van der Waals surface area contributed by atoms with Crippen molar-refractivity contribution in [3.8, 4) is 0 Å². The molecule has 3 rings (SSSR count). The smallest absolute Gasteiger partial charge is 0.189 e. The van der Waals surface area contributed by atoms with Crippen LogP contribution in [0.4, 0.5) is 8.78 Å². The largest absolute Gasteiger partial charge is 0.289 e. The summed E-state index contributed by atoms with van der Waals surface area (Å²) in [6, 6.07) is 9.56.